The van der Waals surface area contributed by atoms with Crippen molar-refractivity contribution < 1.29 is 0 Å². The summed E-state index contributed by atoms with van der Waals surface area (Å²) in [6, 6.07) is 0. The van der Waals surface area contributed by atoms with Gasteiger partial charge in [-0.25, -0.2) is 14.3 Å². The Kier molecular flexibility index (Phi) is 2.33. The molecule has 2 heterocycles. The van der Waals surface area contributed by atoms with Crippen LogP contribution in [0.15, 0.2) is 23.6 Å². The number of hydrogen-bond acceptors (Lipinski definition) is 2. The van der Waals surface area contributed by atoms with Crippen LogP contribution in [0.2, 0.25) is 0 Å². The molecule has 0 saturated heterocycles. The van der Waals surface area contributed by atoms with Crippen molar-refractivity contribution in [2.45, 2.75) is 13.3 Å². The van der Waals surface area contributed by atoms with Gasteiger partial charge in [-0.3, -0.25) is 4.79 Å². The quantitative estimate of drug-likeness (QED) is 0.610. The molecule has 0 bridgehead atoms. The van der Waals surface area contributed by atoms with E-state index in [-0.39, 0.29) is 5.56 Å². The second-order valence-corrected chi connectivity index (χ2v) is 3.40. The minimum absolute atomic E-state index is 0.169. The van der Waals surface area contributed by atoms with Crippen LogP contribution in [0.3, 0.4) is 0 Å². The van der Waals surface area contributed by atoms with Crippen LogP contribution < -0.4 is 5.56 Å². The Balaban J connectivity index is 2.86. The molecule has 80 valence electrons. The van der Waals surface area contributed by atoms with Crippen LogP contribution in [0.1, 0.15) is 11.3 Å². The lowest BCUT2D eigenvalue weighted by Crippen LogP contribution is -2.21. The van der Waals surface area contributed by atoms with Crippen LogP contribution >= 0.6 is 0 Å². The molecule has 1 N–H and O–H groups in total. The number of allylic oxidation sites excluding steroid dienone is 1. The highest BCUT2D eigenvalue weighted by atomic mass is 16.1. The number of nitrogens with zero attached hydrogens (tertiary/aromatic N) is 3. The predicted octanol–water partition coefficient (Wildman–Crippen LogP) is 1.61. The Morgan fingerprint density at radius 3 is 3.12 bits per heavy atom. The summed E-state index contributed by atoms with van der Waals surface area (Å²) < 4.78 is 1.29. The highest BCUT2D eigenvalue weighted by Gasteiger charge is 2.12. The summed E-state index contributed by atoms with van der Waals surface area (Å²) in [5.74, 6) is 0. The fraction of sp³-hybridized carbons (Fsp3) is 0.182. The zero-order valence-corrected chi connectivity index (χ0v) is 8.82. The Morgan fingerprint density at radius 2 is 2.50 bits per heavy atom. The summed E-state index contributed by atoms with van der Waals surface area (Å²) >= 11 is 0. The third-order valence-electron chi connectivity index (χ3n) is 2.41. The number of aryl methyl sites for hydroxylation is 1. The molecule has 16 heavy (non-hydrogen) atoms. The van der Waals surface area contributed by atoms with Gasteiger partial charge in [-0.05, 0) is 13.3 Å². The molecule has 0 aliphatic heterocycles. The minimum Gasteiger partial charge on any atom is -0.308 e. The molecular formula is C11H10N4O. The first kappa shape index (κ1) is 10.2. The molecule has 2 rings (SSSR count). The van der Waals surface area contributed by atoms with E-state index in [2.05, 4.69) is 21.5 Å². The molecule has 5 heteroatoms. The molecule has 2 aromatic rings. The number of fused-ring (bicyclic) bond motifs is 1. The van der Waals surface area contributed by atoms with Crippen LogP contribution in [0, 0.1) is 13.5 Å². The van der Waals surface area contributed by atoms with Gasteiger partial charge in [0.25, 0.3) is 5.56 Å². The zero-order valence-electron chi connectivity index (χ0n) is 8.82. The summed E-state index contributed by atoms with van der Waals surface area (Å²) in [7, 11) is 0. The molecule has 0 aliphatic carbocycles. The lowest BCUT2D eigenvalue weighted by molar-refractivity contribution is 0.863. The Morgan fingerprint density at radius 1 is 1.75 bits per heavy atom. The number of H-pyrrole nitrogens is 1. The highest BCUT2D eigenvalue weighted by Crippen LogP contribution is 2.17. The third-order valence-corrected chi connectivity index (χ3v) is 2.41. The topological polar surface area (TPSA) is 54.5 Å². The smallest absolute Gasteiger partial charge is 0.275 e. The van der Waals surface area contributed by atoms with Gasteiger partial charge < -0.3 is 5.10 Å². The Labute approximate surface area is 91.9 Å². The monoisotopic (exact) mass is 214 g/mol. The molecule has 0 saturated carbocycles. The number of rotatable bonds is 2. The summed E-state index contributed by atoms with van der Waals surface area (Å²) in [6.45, 7) is 12.3. The maximum Gasteiger partial charge on any atom is 0.275 e. The Bertz CT molecular complexity index is 657. The van der Waals surface area contributed by atoms with Gasteiger partial charge in [0, 0.05) is 17.5 Å². The maximum absolute atomic E-state index is 12.0. The fourth-order valence-corrected chi connectivity index (χ4v) is 1.61. The van der Waals surface area contributed by atoms with Crippen molar-refractivity contribution in [2.24, 2.45) is 0 Å². The Hall–Kier alpha value is -2.35. The van der Waals surface area contributed by atoms with Crippen LogP contribution in [0.4, 0.5) is 5.69 Å². The molecule has 0 aromatic carbocycles. The van der Waals surface area contributed by atoms with Gasteiger partial charge in [-0.2, -0.15) is 0 Å². The molecule has 0 amide bonds. The van der Waals surface area contributed by atoms with E-state index in [0.717, 1.165) is 0 Å². The molecule has 2 aromatic heterocycles. The molecule has 0 radical (unpaired) electrons. The maximum atomic E-state index is 12.0. The van der Waals surface area contributed by atoms with Crippen molar-refractivity contribution >= 4 is 11.3 Å². The van der Waals surface area contributed by atoms with Crippen molar-refractivity contribution in [3.63, 3.8) is 0 Å². The van der Waals surface area contributed by atoms with Crippen LogP contribution in [-0.4, -0.2) is 14.6 Å². The normalized spacial score (nSPS) is 10.2. The second-order valence-electron chi connectivity index (χ2n) is 3.40. The van der Waals surface area contributed by atoms with Gasteiger partial charge in [0.1, 0.15) is 0 Å². The largest absolute Gasteiger partial charge is 0.308 e. The molecule has 0 fully saturated rings. The van der Waals surface area contributed by atoms with Gasteiger partial charge in [-0.1, -0.05) is 6.08 Å². The standard InChI is InChI=1S/C11H10N4O/c1-4-5-8-7(2)14-10-9(12-3)6-13-15(10)11(8)16/h4,6,13H,1,5H2,2H3. The highest BCUT2D eigenvalue weighted by molar-refractivity contribution is 5.67. The predicted molar refractivity (Wildman–Crippen MR) is 60.7 cm³/mol. The van der Waals surface area contributed by atoms with E-state index in [1.165, 1.54) is 10.7 Å². The first-order valence-electron chi connectivity index (χ1n) is 4.77. The number of aromatic amines is 1. The molecule has 0 atom stereocenters. The van der Waals surface area contributed by atoms with E-state index in [0.29, 0.717) is 29.0 Å². The third kappa shape index (κ3) is 1.32. The number of hydrogen-bond donors (Lipinski definition) is 1. The van der Waals surface area contributed by atoms with E-state index in [4.69, 9.17) is 6.57 Å². The summed E-state index contributed by atoms with van der Waals surface area (Å²) in [6.07, 6.45) is 3.62. The zero-order chi connectivity index (χ0) is 11.7. The first-order valence-corrected chi connectivity index (χ1v) is 4.77. The number of nitrogens with one attached hydrogen (secondary N) is 1. The van der Waals surface area contributed by atoms with Crippen molar-refractivity contribution in [3.8, 4) is 0 Å². The van der Waals surface area contributed by atoms with E-state index in [1.54, 1.807) is 13.0 Å². The molecular weight excluding hydrogens is 204 g/mol. The first-order chi connectivity index (χ1) is 7.69. The van der Waals surface area contributed by atoms with Crippen LogP contribution in [0.25, 0.3) is 10.5 Å². The molecule has 0 aliphatic rings. The van der Waals surface area contributed by atoms with E-state index in [1.807, 2.05) is 0 Å². The average molecular weight is 214 g/mol. The van der Waals surface area contributed by atoms with E-state index in [9.17, 15) is 4.79 Å². The van der Waals surface area contributed by atoms with E-state index < -0.39 is 0 Å². The van der Waals surface area contributed by atoms with Crippen molar-refractivity contribution in [3.05, 3.63) is 51.9 Å². The van der Waals surface area contributed by atoms with Crippen molar-refractivity contribution in [1.29, 1.82) is 0 Å². The van der Waals surface area contributed by atoms with Gasteiger partial charge in [-0.15, -0.1) is 6.58 Å². The summed E-state index contributed by atoms with van der Waals surface area (Å²) in [5.41, 5.74) is 1.81. The SMILES string of the molecule is [C-]#[N+]c1c[nH]n2c(=O)c(CC=C)c(C)nc12. The van der Waals surface area contributed by atoms with Crippen LogP contribution in [0.5, 0.6) is 0 Å². The van der Waals surface area contributed by atoms with Gasteiger partial charge in [0.05, 0.1) is 6.57 Å². The van der Waals surface area contributed by atoms with Gasteiger partial charge in [0.15, 0.2) is 5.65 Å². The van der Waals surface area contributed by atoms with Gasteiger partial charge >= 0.3 is 0 Å². The lowest BCUT2D eigenvalue weighted by Gasteiger charge is -2.02. The molecule has 5 nitrogen and oxygen atoms in total. The lowest BCUT2D eigenvalue weighted by atomic mass is 10.2. The van der Waals surface area contributed by atoms with E-state index >= 15 is 0 Å². The summed E-state index contributed by atoms with van der Waals surface area (Å²) in [4.78, 5) is 19.6. The van der Waals surface area contributed by atoms with Crippen molar-refractivity contribution in [1.82, 2.24) is 14.6 Å². The fourth-order valence-electron chi connectivity index (χ4n) is 1.61. The minimum atomic E-state index is -0.169. The van der Waals surface area contributed by atoms with Crippen molar-refractivity contribution in [2.75, 3.05) is 0 Å². The molecule has 0 spiro atoms. The summed E-state index contributed by atoms with van der Waals surface area (Å²) in [5, 5.41) is 2.73. The van der Waals surface area contributed by atoms with Gasteiger partial charge in [0.2, 0.25) is 5.69 Å². The second kappa shape index (κ2) is 3.66. The van der Waals surface area contributed by atoms with Crippen LogP contribution in [-0.2, 0) is 6.42 Å². The average Bonchev–Trinajstić information content (AvgIpc) is 2.67. The number of aromatic nitrogens is 3. The molecule has 0 unspecified atom stereocenters.